The number of aryl methyl sites for hydroxylation is 3. The van der Waals surface area contributed by atoms with Crippen LogP contribution in [0.4, 0.5) is 5.69 Å². The Kier molecular flexibility index (Phi) is 7.59. The van der Waals surface area contributed by atoms with Gasteiger partial charge in [-0.1, -0.05) is 32.0 Å². The van der Waals surface area contributed by atoms with Crippen molar-refractivity contribution in [2.24, 2.45) is 0 Å². The van der Waals surface area contributed by atoms with Gasteiger partial charge >= 0.3 is 11.9 Å². The van der Waals surface area contributed by atoms with E-state index >= 15 is 0 Å². The zero-order chi connectivity index (χ0) is 21.6. The lowest BCUT2D eigenvalue weighted by Gasteiger charge is -2.14. The van der Waals surface area contributed by atoms with E-state index in [1.54, 1.807) is 20.8 Å². The maximum atomic E-state index is 12.5. The first-order valence-electron chi connectivity index (χ1n) is 9.77. The highest BCUT2D eigenvalue weighted by Crippen LogP contribution is 2.23. The Labute approximate surface area is 170 Å². The number of H-pyrrole nitrogens is 1. The summed E-state index contributed by atoms with van der Waals surface area (Å²) in [7, 11) is 0. The number of anilines is 1. The molecule has 1 amide bonds. The van der Waals surface area contributed by atoms with Crippen molar-refractivity contribution in [3.8, 4) is 0 Å². The van der Waals surface area contributed by atoms with Gasteiger partial charge in [-0.05, 0) is 50.3 Å². The van der Waals surface area contributed by atoms with Gasteiger partial charge in [-0.15, -0.1) is 0 Å². The molecule has 1 aromatic carbocycles. The molecule has 1 heterocycles. The van der Waals surface area contributed by atoms with Crippen LogP contribution in [0.1, 0.15) is 64.0 Å². The van der Waals surface area contributed by atoms with E-state index in [2.05, 4.69) is 10.3 Å². The molecule has 0 saturated heterocycles. The topological polar surface area (TPSA) is 97.5 Å². The van der Waals surface area contributed by atoms with Gasteiger partial charge in [-0.3, -0.25) is 4.79 Å². The van der Waals surface area contributed by atoms with Gasteiger partial charge in [0.1, 0.15) is 5.69 Å². The molecule has 156 valence electrons. The first-order chi connectivity index (χ1) is 13.8. The predicted molar refractivity (Wildman–Crippen MR) is 110 cm³/mol. The number of hydrogen-bond donors (Lipinski definition) is 2. The highest BCUT2D eigenvalue weighted by atomic mass is 16.5. The first-order valence-corrected chi connectivity index (χ1v) is 9.77. The van der Waals surface area contributed by atoms with E-state index in [-0.39, 0.29) is 17.9 Å². The average molecular weight is 400 g/mol. The van der Waals surface area contributed by atoms with Crippen LogP contribution in [0.15, 0.2) is 18.2 Å². The molecule has 0 aliphatic rings. The minimum Gasteiger partial charge on any atom is -0.461 e. The summed E-state index contributed by atoms with van der Waals surface area (Å²) in [5.41, 5.74) is 4.21. The Bertz CT molecular complexity index is 892. The number of carbonyl (C=O) groups excluding carboxylic acids is 3. The van der Waals surface area contributed by atoms with Gasteiger partial charge in [-0.2, -0.15) is 0 Å². The molecule has 0 spiro atoms. The number of ether oxygens (including phenoxy) is 2. The number of aromatic amines is 1. The molecule has 7 heteroatoms. The zero-order valence-electron chi connectivity index (χ0n) is 17.6. The molecule has 29 heavy (non-hydrogen) atoms. The summed E-state index contributed by atoms with van der Waals surface area (Å²) in [4.78, 5) is 39.7. The smallest absolute Gasteiger partial charge is 0.355 e. The predicted octanol–water partition coefficient (Wildman–Crippen LogP) is 3.73. The van der Waals surface area contributed by atoms with Crippen LogP contribution in [0.3, 0.4) is 0 Å². The molecule has 2 rings (SSSR count). The number of carbonyl (C=O) groups is 3. The molecule has 0 bridgehead atoms. The minimum atomic E-state index is -0.665. The largest absolute Gasteiger partial charge is 0.461 e. The summed E-state index contributed by atoms with van der Waals surface area (Å²) in [6.45, 7) is 8.85. The summed E-state index contributed by atoms with van der Waals surface area (Å²) >= 11 is 0. The van der Waals surface area contributed by atoms with Gasteiger partial charge in [-0.25, -0.2) is 9.59 Å². The van der Waals surface area contributed by atoms with E-state index in [0.29, 0.717) is 11.3 Å². The summed E-state index contributed by atoms with van der Waals surface area (Å²) in [6, 6.07) is 5.89. The first kappa shape index (κ1) is 22.2. The van der Waals surface area contributed by atoms with Gasteiger partial charge in [0.05, 0.1) is 12.2 Å². The van der Waals surface area contributed by atoms with Gasteiger partial charge in [0.25, 0.3) is 5.91 Å². The van der Waals surface area contributed by atoms with Crippen LogP contribution in [0.5, 0.6) is 0 Å². The van der Waals surface area contributed by atoms with Crippen LogP contribution in [0.25, 0.3) is 0 Å². The summed E-state index contributed by atoms with van der Waals surface area (Å²) in [5.74, 6) is -1.61. The van der Waals surface area contributed by atoms with E-state index < -0.39 is 24.5 Å². The van der Waals surface area contributed by atoms with E-state index in [9.17, 15) is 14.4 Å². The third-order valence-electron chi connectivity index (χ3n) is 4.72. The molecule has 0 fully saturated rings. The van der Waals surface area contributed by atoms with E-state index in [4.69, 9.17) is 9.47 Å². The summed E-state index contributed by atoms with van der Waals surface area (Å²) < 4.78 is 10.2. The number of esters is 2. The molecular formula is C22H28N2O5. The minimum absolute atomic E-state index is 0.213. The van der Waals surface area contributed by atoms with Crippen molar-refractivity contribution in [1.82, 2.24) is 4.98 Å². The SMILES string of the molecule is CCOC(=O)c1[nH]c(C)c(C(=O)OCC(=O)Nc2c(CC)cccc2CC)c1C. The van der Waals surface area contributed by atoms with Crippen LogP contribution >= 0.6 is 0 Å². The van der Waals surface area contributed by atoms with Gasteiger partial charge in [0, 0.05) is 11.4 Å². The van der Waals surface area contributed by atoms with Crippen LogP contribution in [-0.4, -0.2) is 36.0 Å². The van der Waals surface area contributed by atoms with E-state index in [1.165, 1.54) is 0 Å². The molecule has 0 radical (unpaired) electrons. The van der Waals surface area contributed by atoms with Crippen LogP contribution in [-0.2, 0) is 27.1 Å². The molecule has 0 aliphatic carbocycles. The van der Waals surface area contributed by atoms with Crippen LogP contribution in [0, 0.1) is 13.8 Å². The summed E-state index contributed by atoms with van der Waals surface area (Å²) in [6.07, 6.45) is 1.56. The monoisotopic (exact) mass is 400 g/mol. The lowest BCUT2D eigenvalue weighted by Crippen LogP contribution is -2.22. The summed E-state index contributed by atoms with van der Waals surface area (Å²) in [5, 5.41) is 2.86. The molecule has 7 nitrogen and oxygen atoms in total. The van der Waals surface area contributed by atoms with Gasteiger partial charge in [0.2, 0.25) is 0 Å². The maximum absolute atomic E-state index is 12.5. The van der Waals surface area contributed by atoms with Gasteiger partial charge < -0.3 is 19.8 Å². The number of benzene rings is 1. The number of hydrogen-bond acceptors (Lipinski definition) is 5. The number of para-hydroxylation sites is 1. The van der Waals surface area contributed by atoms with Crippen molar-refractivity contribution in [3.63, 3.8) is 0 Å². The Hall–Kier alpha value is -3.09. The normalized spacial score (nSPS) is 10.5. The number of rotatable bonds is 8. The number of aromatic nitrogens is 1. The second-order valence-electron chi connectivity index (χ2n) is 6.63. The van der Waals surface area contributed by atoms with E-state index in [0.717, 1.165) is 29.7 Å². The highest BCUT2D eigenvalue weighted by molar-refractivity contribution is 6.00. The standard InChI is InChI=1S/C22H28N2O5/c1-6-15-10-9-11-16(7-2)20(15)24-17(25)12-29-21(26)18-13(4)19(23-14(18)5)22(27)28-8-3/h9-11,23H,6-8,12H2,1-5H3,(H,24,25). The van der Waals surface area contributed by atoms with Crippen molar-refractivity contribution >= 4 is 23.5 Å². The maximum Gasteiger partial charge on any atom is 0.355 e. The van der Waals surface area contributed by atoms with Crippen LogP contribution in [0.2, 0.25) is 0 Å². The van der Waals surface area contributed by atoms with Crippen molar-refractivity contribution in [1.29, 1.82) is 0 Å². The quantitative estimate of drug-likeness (QED) is 0.658. The second kappa shape index (κ2) is 9.91. The van der Waals surface area contributed by atoms with Crippen LogP contribution < -0.4 is 5.32 Å². The molecule has 0 saturated carbocycles. The Morgan fingerprint density at radius 3 is 2.14 bits per heavy atom. The van der Waals surface area contributed by atoms with Crippen molar-refractivity contribution in [2.75, 3.05) is 18.5 Å². The molecule has 0 atom stereocenters. The molecule has 0 aliphatic heterocycles. The lowest BCUT2D eigenvalue weighted by molar-refractivity contribution is -0.119. The molecule has 1 aromatic heterocycles. The Balaban J connectivity index is 2.09. The van der Waals surface area contributed by atoms with E-state index in [1.807, 2.05) is 32.0 Å². The molecule has 2 aromatic rings. The Morgan fingerprint density at radius 2 is 1.59 bits per heavy atom. The van der Waals surface area contributed by atoms with Crippen molar-refractivity contribution in [2.45, 2.75) is 47.5 Å². The highest BCUT2D eigenvalue weighted by Gasteiger charge is 2.24. The fraction of sp³-hybridized carbons (Fsp3) is 0.409. The van der Waals surface area contributed by atoms with Crippen molar-refractivity contribution in [3.05, 3.63) is 51.8 Å². The molecule has 0 unspecified atom stereocenters. The molecule has 2 N–H and O–H groups in total. The zero-order valence-corrected chi connectivity index (χ0v) is 17.6. The molecular weight excluding hydrogens is 372 g/mol. The van der Waals surface area contributed by atoms with Gasteiger partial charge in [0.15, 0.2) is 6.61 Å². The number of amides is 1. The fourth-order valence-corrected chi connectivity index (χ4v) is 3.25. The average Bonchev–Trinajstić information content (AvgIpc) is 3.00. The van der Waals surface area contributed by atoms with Crippen molar-refractivity contribution < 1.29 is 23.9 Å². The lowest BCUT2D eigenvalue weighted by atomic mass is 10.0. The second-order valence-corrected chi connectivity index (χ2v) is 6.63. The third kappa shape index (κ3) is 5.04. The Morgan fingerprint density at radius 1 is 0.966 bits per heavy atom. The fourth-order valence-electron chi connectivity index (χ4n) is 3.25. The third-order valence-corrected chi connectivity index (χ3v) is 4.72. The number of nitrogens with one attached hydrogen (secondary N) is 2.